The molecule has 0 radical (unpaired) electrons. The van der Waals surface area contributed by atoms with Gasteiger partial charge in [-0.05, 0) is 22.4 Å². The molecule has 96 valence electrons. The molecule has 0 bridgehead atoms. The van der Waals surface area contributed by atoms with Crippen LogP contribution in [-0.2, 0) is 5.41 Å². The van der Waals surface area contributed by atoms with Crippen molar-refractivity contribution < 1.29 is 15.0 Å². The number of hydrogen-bond donors (Lipinski definition) is 3. The Morgan fingerprint density at radius 3 is 2.22 bits per heavy atom. The Morgan fingerprint density at radius 1 is 1.00 bits per heavy atom. The predicted molar refractivity (Wildman–Crippen MR) is 76.4 cm³/mol. The largest absolute Gasteiger partial charge is 0.504 e. The number of fused-ring (bicyclic) bond motifs is 1. The van der Waals surface area contributed by atoms with Crippen molar-refractivity contribution in [2.45, 2.75) is 26.2 Å². The van der Waals surface area contributed by atoms with Crippen molar-refractivity contribution in [1.29, 1.82) is 0 Å². The van der Waals surface area contributed by atoms with Crippen LogP contribution in [0.4, 0.5) is 0 Å². The summed E-state index contributed by atoms with van der Waals surface area (Å²) in [4.78, 5) is 9.36. The monoisotopic (exact) mass is 262 g/mol. The molecular weight excluding hydrogens is 244 g/mol. The van der Waals surface area contributed by atoms with E-state index in [1.807, 2.05) is 12.1 Å². The molecule has 3 nitrogen and oxygen atoms in total. The van der Waals surface area contributed by atoms with E-state index in [0.29, 0.717) is 10.6 Å². The number of phenolic OH excluding ortho intramolecular Hbond substituents is 2. The lowest BCUT2D eigenvalue weighted by atomic mass is 9.83. The lowest BCUT2D eigenvalue weighted by molar-refractivity contribution is 0.410. The van der Waals surface area contributed by atoms with E-state index in [9.17, 15) is 15.0 Å². The lowest BCUT2D eigenvalue weighted by Gasteiger charge is -2.22. The second-order valence-electron chi connectivity index (χ2n) is 5.54. The van der Waals surface area contributed by atoms with Crippen LogP contribution in [0.15, 0.2) is 24.3 Å². The molecule has 0 aliphatic heterocycles. The fourth-order valence-electron chi connectivity index (χ4n) is 2.22. The van der Waals surface area contributed by atoms with E-state index in [4.69, 9.17) is 0 Å². The van der Waals surface area contributed by atoms with Gasteiger partial charge in [0.15, 0.2) is 21.3 Å². The highest BCUT2D eigenvalue weighted by molar-refractivity contribution is 6.48. The van der Waals surface area contributed by atoms with Crippen LogP contribution in [0.25, 0.3) is 10.8 Å². The molecule has 18 heavy (non-hydrogen) atoms. The van der Waals surface area contributed by atoms with Crippen molar-refractivity contribution >= 4 is 25.7 Å². The molecule has 0 aliphatic carbocycles. The molecule has 4 heteroatoms. The maximum absolute atomic E-state index is 10.0. The third-order valence-electron chi connectivity index (χ3n) is 3.19. The van der Waals surface area contributed by atoms with Crippen LogP contribution >= 0.6 is 0 Å². The van der Waals surface area contributed by atoms with Crippen LogP contribution in [0, 0.1) is 0 Å². The van der Waals surface area contributed by atoms with Crippen molar-refractivity contribution in [3.05, 3.63) is 29.8 Å². The number of benzene rings is 2. The molecule has 0 heterocycles. The smallest absolute Gasteiger partial charge is 0.192 e. The zero-order valence-corrected chi connectivity index (χ0v) is 12.3. The summed E-state index contributed by atoms with van der Waals surface area (Å²) in [6.45, 7) is 6.30. The molecule has 3 N–H and O–H groups in total. The first kappa shape index (κ1) is 12.9. The maximum atomic E-state index is 10.0. The standard InChI is InChI=1S/C14H18O3Si/c1-14(2,3)10-6-4-5-8-9(10)7-11(18-17)13(16)12(8)15/h4-7,15-17H,18H2,1-3H3. The molecule has 0 spiro atoms. The van der Waals surface area contributed by atoms with E-state index in [1.165, 1.54) is 0 Å². The van der Waals surface area contributed by atoms with Crippen LogP contribution in [0.1, 0.15) is 26.3 Å². The first-order chi connectivity index (χ1) is 8.36. The lowest BCUT2D eigenvalue weighted by Crippen LogP contribution is -2.16. The number of rotatable bonds is 1. The van der Waals surface area contributed by atoms with Gasteiger partial charge in [-0.2, -0.15) is 0 Å². The summed E-state index contributed by atoms with van der Waals surface area (Å²) < 4.78 is 0. The normalized spacial score (nSPS) is 12.7. The molecule has 0 atom stereocenters. The van der Waals surface area contributed by atoms with E-state index in [2.05, 4.69) is 20.8 Å². The summed E-state index contributed by atoms with van der Waals surface area (Å²) >= 11 is 0. The van der Waals surface area contributed by atoms with Gasteiger partial charge in [0.05, 0.1) is 0 Å². The Labute approximate surface area is 109 Å². The van der Waals surface area contributed by atoms with Crippen LogP contribution < -0.4 is 5.19 Å². The fraction of sp³-hybridized carbons (Fsp3) is 0.286. The van der Waals surface area contributed by atoms with Gasteiger partial charge in [0.1, 0.15) is 0 Å². The second kappa shape index (κ2) is 4.30. The highest BCUT2D eigenvalue weighted by Crippen LogP contribution is 2.37. The Morgan fingerprint density at radius 2 is 1.67 bits per heavy atom. The molecule has 0 amide bonds. The number of aromatic hydroxyl groups is 2. The van der Waals surface area contributed by atoms with Gasteiger partial charge < -0.3 is 15.0 Å². The molecular formula is C14H18O3Si. The third-order valence-corrected chi connectivity index (χ3v) is 4.07. The van der Waals surface area contributed by atoms with Crippen molar-refractivity contribution in [3.8, 4) is 11.5 Å². The Balaban J connectivity index is 2.89. The zero-order chi connectivity index (χ0) is 13.5. The highest BCUT2D eigenvalue weighted by atomic mass is 28.2. The third kappa shape index (κ3) is 1.98. The average molecular weight is 262 g/mol. The first-order valence-electron chi connectivity index (χ1n) is 5.94. The van der Waals surface area contributed by atoms with Crippen LogP contribution in [0.5, 0.6) is 11.5 Å². The van der Waals surface area contributed by atoms with Crippen molar-refractivity contribution in [1.82, 2.24) is 0 Å². The minimum atomic E-state index is -1.52. The summed E-state index contributed by atoms with van der Waals surface area (Å²) in [6.07, 6.45) is 0. The van der Waals surface area contributed by atoms with Crippen molar-refractivity contribution in [3.63, 3.8) is 0 Å². The zero-order valence-electron chi connectivity index (χ0n) is 10.9. The van der Waals surface area contributed by atoms with E-state index in [0.717, 1.165) is 10.9 Å². The number of phenols is 2. The Bertz CT molecular complexity index is 600. The molecule has 2 aromatic carbocycles. The number of hydrogen-bond acceptors (Lipinski definition) is 3. The predicted octanol–water partition coefficient (Wildman–Crippen LogP) is 1.25. The van der Waals surface area contributed by atoms with Crippen LogP contribution in [0.2, 0.25) is 0 Å². The molecule has 2 aromatic rings. The maximum Gasteiger partial charge on any atom is 0.192 e. The van der Waals surface area contributed by atoms with Crippen LogP contribution in [-0.4, -0.2) is 24.8 Å². The van der Waals surface area contributed by atoms with Crippen LogP contribution in [0.3, 0.4) is 0 Å². The van der Waals surface area contributed by atoms with Gasteiger partial charge in [-0.1, -0.05) is 39.0 Å². The minimum Gasteiger partial charge on any atom is -0.504 e. The van der Waals surface area contributed by atoms with Gasteiger partial charge in [0.25, 0.3) is 0 Å². The molecule has 0 fully saturated rings. The first-order valence-corrected chi connectivity index (χ1v) is 7.28. The van der Waals surface area contributed by atoms with Crippen molar-refractivity contribution in [2.75, 3.05) is 0 Å². The fourth-order valence-corrected chi connectivity index (χ4v) is 2.84. The average Bonchev–Trinajstić information content (AvgIpc) is 2.31. The van der Waals surface area contributed by atoms with Gasteiger partial charge in [-0.15, -0.1) is 0 Å². The quantitative estimate of drug-likeness (QED) is 0.535. The SMILES string of the molecule is CC(C)(C)c1cccc2c(O)c(O)c([SiH2]O)cc12. The summed E-state index contributed by atoms with van der Waals surface area (Å²) in [7, 11) is -1.52. The van der Waals surface area contributed by atoms with E-state index < -0.39 is 9.76 Å². The molecule has 0 saturated heterocycles. The second-order valence-corrected chi connectivity index (χ2v) is 6.62. The molecule has 0 aliphatic rings. The summed E-state index contributed by atoms with van der Waals surface area (Å²) in [5.41, 5.74) is 1.04. The van der Waals surface area contributed by atoms with Gasteiger partial charge in [-0.3, -0.25) is 0 Å². The molecule has 0 unspecified atom stereocenters. The summed E-state index contributed by atoms with van der Waals surface area (Å²) in [6, 6.07) is 7.47. The van der Waals surface area contributed by atoms with E-state index >= 15 is 0 Å². The minimum absolute atomic E-state index is 0.0583. The molecule has 0 aromatic heterocycles. The van der Waals surface area contributed by atoms with E-state index in [-0.39, 0.29) is 16.9 Å². The molecule has 0 saturated carbocycles. The van der Waals surface area contributed by atoms with E-state index in [1.54, 1.807) is 12.1 Å². The van der Waals surface area contributed by atoms with Gasteiger partial charge in [-0.25, -0.2) is 0 Å². The van der Waals surface area contributed by atoms with Crippen molar-refractivity contribution in [2.24, 2.45) is 0 Å². The Hall–Kier alpha value is -1.52. The van der Waals surface area contributed by atoms with Gasteiger partial charge in [0, 0.05) is 10.6 Å². The Kier molecular flexibility index (Phi) is 3.08. The topological polar surface area (TPSA) is 60.7 Å². The van der Waals surface area contributed by atoms with Gasteiger partial charge in [0.2, 0.25) is 0 Å². The van der Waals surface area contributed by atoms with Gasteiger partial charge >= 0.3 is 0 Å². The summed E-state index contributed by atoms with van der Waals surface area (Å²) in [5, 5.41) is 21.8. The molecule has 2 rings (SSSR count). The highest BCUT2D eigenvalue weighted by Gasteiger charge is 2.20. The summed E-state index contributed by atoms with van der Waals surface area (Å²) in [5.74, 6) is -0.308.